The first-order valence-electron chi connectivity index (χ1n) is 23.7. The summed E-state index contributed by atoms with van der Waals surface area (Å²) in [6.45, 7) is 2.53. The van der Waals surface area contributed by atoms with Crippen molar-refractivity contribution in [1.82, 2.24) is 10.6 Å². The highest BCUT2D eigenvalue weighted by atomic mass is 16.4. The van der Waals surface area contributed by atoms with Gasteiger partial charge in [0.2, 0.25) is 11.8 Å². The van der Waals surface area contributed by atoms with Crippen molar-refractivity contribution in [2.45, 2.75) is 206 Å². The van der Waals surface area contributed by atoms with Crippen LogP contribution in [-0.2, 0) is 38.4 Å². The summed E-state index contributed by atoms with van der Waals surface area (Å²) in [6, 6.07) is 0. The molecule has 14 nitrogen and oxygen atoms in total. The summed E-state index contributed by atoms with van der Waals surface area (Å²) in [5.74, 6) is -7.42. The Bertz CT molecular complexity index is 1310. The lowest BCUT2D eigenvalue weighted by atomic mass is 9.78. The lowest BCUT2D eigenvalue weighted by Gasteiger charge is -2.28. The molecule has 0 aromatic heterocycles. The van der Waals surface area contributed by atoms with E-state index in [-0.39, 0.29) is 74.4 Å². The van der Waals surface area contributed by atoms with Crippen molar-refractivity contribution >= 4 is 47.3 Å². The maximum absolute atomic E-state index is 13.1. The molecule has 61 heavy (non-hydrogen) atoms. The Morgan fingerprint density at radius 1 is 0.475 bits per heavy atom. The number of ketones is 2. The molecule has 0 radical (unpaired) electrons. The molecular formula is C47H80N2O12. The van der Waals surface area contributed by atoms with Gasteiger partial charge in [-0.15, -0.1) is 0 Å². The van der Waals surface area contributed by atoms with Crippen molar-refractivity contribution in [3.8, 4) is 0 Å². The van der Waals surface area contributed by atoms with Crippen molar-refractivity contribution in [3.63, 3.8) is 0 Å². The van der Waals surface area contributed by atoms with Gasteiger partial charge in [-0.3, -0.25) is 38.4 Å². The molecule has 3 atom stereocenters. The molecular weight excluding hydrogens is 785 g/mol. The fourth-order valence-corrected chi connectivity index (χ4v) is 8.14. The van der Waals surface area contributed by atoms with Crippen LogP contribution in [-0.4, -0.2) is 80.8 Å². The van der Waals surface area contributed by atoms with Crippen molar-refractivity contribution in [3.05, 3.63) is 0 Å². The molecule has 0 unspecified atom stereocenters. The van der Waals surface area contributed by atoms with Crippen LogP contribution in [0.15, 0.2) is 0 Å². The second-order valence-corrected chi connectivity index (χ2v) is 17.7. The van der Waals surface area contributed by atoms with Crippen molar-refractivity contribution < 1.29 is 58.8 Å². The Morgan fingerprint density at radius 2 is 0.934 bits per heavy atom. The number of nitrogens with one attached hydrogen (secondary N) is 2. The smallest absolute Gasteiger partial charge is 0.306 e. The lowest BCUT2D eigenvalue weighted by Crippen LogP contribution is -2.33. The molecule has 14 heteroatoms. The number of carboxylic acid groups (broad SMARTS) is 4. The fraction of sp³-hybridized carbons (Fsp3) is 0.830. The van der Waals surface area contributed by atoms with Crippen LogP contribution in [0.25, 0.3) is 0 Å². The quantitative estimate of drug-likeness (QED) is 0.0317. The summed E-state index contributed by atoms with van der Waals surface area (Å²) < 4.78 is 0. The number of amides is 2. The number of rotatable bonds is 40. The SMILES string of the molecule is C[C@@H](CCCCNC(=O)CC[C@H](CC(=O)CC[C@H](CC(=O)C1CCC(CNC(=O)CCCCCCCCCCCCCCCCCCC(=O)O)CC1)C(=O)O)C(=O)O)C(=O)O. The molecule has 0 aromatic carbocycles. The van der Waals surface area contributed by atoms with Gasteiger partial charge >= 0.3 is 23.9 Å². The van der Waals surface area contributed by atoms with E-state index in [1.54, 1.807) is 6.92 Å². The van der Waals surface area contributed by atoms with Gasteiger partial charge in [0.05, 0.1) is 17.8 Å². The van der Waals surface area contributed by atoms with Gasteiger partial charge in [0.15, 0.2) is 0 Å². The molecule has 1 saturated carbocycles. The molecule has 2 amide bonds. The Balaban J connectivity index is 2.15. The van der Waals surface area contributed by atoms with E-state index in [1.165, 1.54) is 64.2 Å². The first-order valence-corrected chi connectivity index (χ1v) is 23.7. The van der Waals surface area contributed by atoms with Crippen LogP contribution in [0.1, 0.15) is 206 Å². The average Bonchev–Trinajstić information content (AvgIpc) is 3.22. The van der Waals surface area contributed by atoms with E-state index in [4.69, 9.17) is 10.2 Å². The Morgan fingerprint density at radius 3 is 1.43 bits per heavy atom. The highest BCUT2D eigenvalue weighted by molar-refractivity contribution is 5.87. The zero-order valence-corrected chi connectivity index (χ0v) is 37.3. The predicted molar refractivity (Wildman–Crippen MR) is 233 cm³/mol. The zero-order chi connectivity index (χ0) is 45.3. The van der Waals surface area contributed by atoms with Gasteiger partial charge in [0.1, 0.15) is 11.6 Å². The minimum Gasteiger partial charge on any atom is -0.481 e. The minimum atomic E-state index is -1.22. The number of unbranched alkanes of at least 4 members (excludes halogenated alkanes) is 16. The number of carboxylic acids is 4. The maximum Gasteiger partial charge on any atom is 0.306 e. The Labute approximate surface area is 364 Å². The molecule has 0 aliphatic heterocycles. The highest BCUT2D eigenvalue weighted by Gasteiger charge is 2.31. The van der Waals surface area contributed by atoms with Gasteiger partial charge in [-0.1, -0.05) is 103 Å². The molecule has 0 saturated heterocycles. The van der Waals surface area contributed by atoms with Crippen LogP contribution >= 0.6 is 0 Å². The van der Waals surface area contributed by atoms with Crippen LogP contribution in [0.4, 0.5) is 0 Å². The summed E-state index contributed by atoms with van der Waals surface area (Å²) in [6.07, 6.45) is 23.0. The number of Topliss-reactive ketones (excluding diaryl/α,β-unsaturated/α-hetero) is 2. The number of hydrogen-bond donors (Lipinski definition) is 6. The van der Waals surface area contributed by atoms with Crippen LogP contribution in [0, 0.1) is 29.6 Å². The molecule has 0 heterocycles. The van der Waals surface area contributed by atoms with E-state index in [0.29, 0.717) is 51.6 Å². The molecule has 1 fully saturated rings. The van der Waals surface area contributed by atoms with Crippen LogP contribution in [0.3, 0.4) is 0 Å². The van der Waals surface area contributed by atoms with Crippen molar-refractivity contribution in [2.24, 2.45) is 29.6 Å². The van der Waals surface area contributed by atoms with E-state index in [9.17, 15) is 48.6 Å². The van der Waals surface area contributed by atoms with Crippen LogP contribution in [0.5, 0.6) is 0 Å². The predicted octanol–water partition coefficient (Wildman–Crippen LogP) is 8.90. The standard InChI is InChI=1S/C47H80N2O12/c1-35(45(56)57)20-18-19-31-48-43(53)30-28-38(46(58)59)32-40(50)29-27-39(47(60)61)33-41(51)37-25-23-36(24-26-37)34-49-42(52)21-16-14-12-10-8-6-4-2-3-5-7-9-11-13-15-17-22-44(54)55/h35-39H,2-34H2,1H3,(H,48,53)(H,49,52)(H,54,55)(H,56,57)(H,58,59)(H,60,61)/t35-,36?,37?,38+,39+/m0/s1. The van der Waals surface area contributed by atoms with Gasteiger partial charge in [-0.05, 0) is 70.1 Å². The van der Waals surface area contributed by atoms with Gasteiger partial charge in [0.25, 0.3) is 0 Å². The monoisotopic (exact) mass is 865 g/mol. The normalized spacial score (nSPS) is 16.5. The number of carbonyl (C=O) groups excluding carboxylic acids is 4. The summed E-state index contributed by atoms with van der Waals surface area (Å²) in [5, 5.41) is 42.7. The molecule has 350 valence electrons. The van der Waals surface area contributed by atoms with Crippen LogP contribution in [0.2, 0.25) is 0 Å². The first-order chi connectivity index (χ1) is 29.2. The van der Waals surface area contributed by atoms with Gasteiger partial charge < -0.3 is 31.1 Å². The molecule has 1 aliphatic rings. The third kappa shape index (κ3) is 30.0. The highest BCUT2D eigenvalue weighted by Crippen LogP contribution is 2.31. The summed E-state index contributed by atoms with van der Waals surface area (Å²) in [4.78, 5) is 95.6. The molecule has 1 rings (SSSR count). The molecule has 0 spiro atoms. The topological polar surface area (TPSA) is 242 Å². The van der Waals surface area contributed by atoms with Crippen molar-refractivity contribution in [2.75, 3.05) is 13.1 Å². The summed E-state index contributed by atoms with van der Waals surface area (Å²) in [7, 11) is 0. The van der Waals surface area contributed by atoms with Gasteiger partial charge in [0, 0.05) is 57.5 Å². The van der Waals surface area contributed by atoms with E-state index in [0.717, 1.165) is 51.4 Å². The largest absolute Gasteiger partial charge is 0.481 e. The number of hydrogen-bond acceptors (Lipinski definition) is 8. The second kappa shape index (κ2) is 34.7. The summed E-state index contributed by atoms with van der Waals surface area (Å²) >= 11 is 0. The average molecular weight is 865 g/mol. The van der Waals surface area contributed by atoms with Gasteiger partial charge in [-0.2, -0.15) is 0 Å². The zero-order valence-electron chi connectivity index (χ0n) is 37.3. The minimum absolute atomic E-state index is 0.0533. The second-order valence-electron chi connectivity index (χ2n) is 17.7. The molecule has 0 bridgehead atoms. The third-order valence-corrected chi connectivity index (χ3v) is 12.4. The third-order valence-electron chi connectivity index (χ3n) is 12.4. The number of aliphatic carboxylic acids is 4. The fourth-order valence-electron chi connectivity index (χ4n) is 8.14. The molecule has 0 aromatic rings. The maximum atomic E-state index is 13.1. The molecule has 1 aliphatic carbocycles. The van der Waals surface area contributed by atoms with E-state index >= 15 is 0 Å². The first kappa shape index (κ1) is 55.2. The van der Waals surface area contributed by atoms with Gasteiger partial charge in [-0.25, -0.2) is 0 Å². The van der Waals surface area contributed by atoms with E-state index in [1.807, 2.05) is 0 Å². The lowest BCUT2D eigenvalue weighted by molar-refractivity contribution is -0.146. The van der Waals surface area contributed by atoms with E-state index in [2.05, 4.69) is 10.6 Å². The van der Waals surface area contributed by atoms with Crippen LogP contribution < -0.4 is 10.6 Å². The molecule has 6 N–H and O–H groups in total. The Kier molecular flexibility index (Phi) is 31.4. The van der Waals surface area contributed by atoms with E-state index < -0.39 is 47.4 Å². The summed E-state index contributed by atoms with van der Waals surface area (Å²) in [5.41, 5.74) is 0. The Hall–Kier alpha value is -3.84. The van der Waals surface area contributed by atoms with Crippen molar-refractivity contribution in [1.29, 1.82) is 0 Å². The number of carbonyl (C=O) groups is 8.